The van der Waals surface area contributed by atoms with Gasteiger partial charge in [-0.25, -0.2) is 9.79 Å². The first-order valence-corrected chi connectivity index (χ1v) is 14.2. The number of benzene rings is 2. The van der Waals surface area contributed by atoms with Crippen molar-refractivity contribution in [3.63, 3.8) is 0 Å². The molecule has 12 heteroatoms. The van der Waals surface area contributed by atoms with Gasteiger partial charge >= 0.3 is 5.97 Å². The lowest BCUT2D eigenvalue weighted by atomic mass is 9.95. The van der Waals surface area contributed by atoms with E-state index < -0.39 is 16.9 Å². The van der Waals surface area contributed by atoms with Crippen LogP contribution in [0.15, 0.2) is 86.3 Å². The number of thiazole rings is 1. The molecule has 0 saturated carbocycles. The van der Waals surface area contributed by atoms with Crippen LogP contribution in [0.3, 0.4) is 0 Å². The van der Waals surface area contributed by atoms with Crippen molar-refractivity contribution in [3.05, 3.63) is 118 Å². The van der Waals surface area contributed by atoms with E-state index in [1.165, 1.54) is 35.1 Å². The first kappa shape index (κ1) is 28.2. The summed E-state index contributed by atoms with van der Waals surface area (Å²) in [6.07, 6.45) is 3.18. The Labute approximate surface area is 246 Å². The molecule has 1 atom stereocenters. The van der Waals surface area contributed by atoms with Gasteiger partial charge < -0.3 is 14.0 Å². The Kier molecular flexibility index (Phi) is 7.78. The molecule has 210 valence electrons. The van der Waals surface area contributed by atoms with Crippen LogP contribution in [0.4, 0.5) is 5.69 Å². The Morgan fingerprint density at radius 2 is 1.93 bits per heavy atom. The predicted octanol–water partition coefficient (Wildman–Crippen LogP) is 4.66. The number of ether oxygens (including phenoxy) is 2. The number of methoxy groups -OCH3 is 1. The summed E-state index contributed by atoms with van der Waals surface area (Å²) in [5.74, 6) is -0.0565. The molecule has 0 aliphatic carbocycles. The maximum atomic E-state index is 14.0. The zero-order valence-corrected chi connectivity index (χ0v) is 24.9. The van der Waals surface area contributed by atoms with E-state index in [2.05, 4.69) is 20.9 Å². The van der Waals surface area contributed by atoms with Crippen LogP contribution in [-0.2, 0) is 9.53 Å². The molecule has 41 heavy (non-hydrogen) atoms. The molecule has 0 fully saturated rings. The third kappa shape index (κ3) is 5.40. The first-order valence-electron chi connectivity index (χ1n) is 12.6. The molecule has 0 spiro atoms. The number of aromatic nitrogens is 2. The largest absolute Gasteiger partial charge is 0.496 e. The van der Waals surface area contributed by atoms with E-state index >= 15 is 0 Å². The van der Waals surface area contributed by atoms with Gasteiger partial charge in [-0.1, -0.05) is 27.3 Å². The molecule has 0 bridgehead atoms. The summed E-state index contributed by atoms with van der Waals surface area (Å²) in [6, 6.07) is 14.4. The van der Waals surface area contributed by atoms with Crippen LogP contribution in [0.2, 0.25) is 0 Å². The van der Waals surface area contributed by atoms with E-state index in [-0.39, 0.29) is 22.9 Å². The smallest absolute Gasteiger partial charge is 0.338 e. The Hall–Kier alpha value is -4.29. The highest BCUT2D eigenvalue weighted by atomic mass is 79.9. The van der Waals surface area contributed by atoms with Gasteiger partial charge in [0.1, 0.15) is 11.8 Å². The van der Waals surface area contributed by atoms with Gasteiger partial charge in [0.2, 0.25) is 0 Å². The SMILES string of the molecule is COc1ccc(Br)cc1[C@@H]1C(C(=O)OC(C)C)=C(C)N=c2s/c(=C\c3cccn3-c3ccc([N+](=O)[O-])cc3)c(=O)n21. The molecule has 2 aromatic carbocycles. The van der Waals surface area contributed by atoms with Crippen molar-refractivity contribution in [3.8, 4) is 11.4 Å². The average Bonchev–Trinajstić information content (AvgIpc) is 3.51. The summed E-state index contributed by atoms with van der Waals surface area (Å²) in [5, 5.41) is 11.1. The van der Waals surface area contributed by atoms with Crippen LogP contribution in [0.1, 0.15) is 38.1 Å². The van der Waals surface area contributed by atoms with Crippen molar-refractivity contribution >= 4 is 45.0 Å². The van der Waals surface area contributed by atoms with Crippen molar-refractivity contribution in [2.24, 2.45) is 4.99 Å². The molecule has 5 rings (SSSR count). The van der Waals surface area contributed by atoms with Crippen LogP contribution in [0, 0.1) is 10.1 Å². The van der Waals surface area contributed by atoms with Gasteiger partial charge in [-0.05, 0) is 69.3 Å². The van der Waals surface area contributed by atoms with E-state index in [0.717, 1.165) is 4.47 Å². The van der Waals surface area contributed by atoms with Crippen LogP contribution in [-0.4, -0.2) is 33.2 Å². The van der Waals surface area contributed by atoms with Gasteiger partial charge in [-0.15, -0.1) is 0 Å². The van der Waals surface area contributed by atoms with Gasteiger partial charge in [0.05, 0.1) is 33.9 Å². The minimum Gasteiger partial charge on any atom is -0.496 e. The lowest BCUT2D eigenvalue weighted by Gasteiger charge is -2.26. The monoisotopic (exact) mass is 636 g/mol. The van der Waals surface area contributed by atoms with Gasteiger partial charge in [-0.3, -0.25) is 19.5 Å². The van der Waals surface area contributed by atoms with Crippen LogP contribution in [0.25, 0.3) is 11.8 Å². The van der Waals surface area contributed by atoms with Crippen molar-refractivity contribution < 1.29 is 19.2 Å². The molecule has 0 saturated heterocycles. The van der Waals surface area contributed by atoms with Gasteiger partial charge in [-0.2, -0.15) is 0 Å². The molecule has 4 aromatic rings. The second-order valence-electron chi connectivity index (χ2n) is 9.50. The standard InChI is InChI=1S/C29H25BrN4O6S/c1-16(2)40-28(36)25-17(3)31-29-33(26(25)22-14-18(30)7-12-23(22)39-4)27(35)24(41-29)15-21-6-5-13-32(21)19-8-10-20(11-9-19)34(37)38/h5-16,26H,1-4H3/b24-15-/t26-/m1/s1. The van der Waals surface area contributed by atoms with Crippen molar-refractivity contribution in [1.29, 1.82) is 0 Å². The van der Waals surface area contributed by atoms with E-state index in [9.17, 15) is 19.7 Å². The van der Waals surface area contributed by atoms with Crippen molar-refractivity contribution in [2.75, 3.05) is 7.11 Å². The lowest BCUT2D eigenvalue weighted by molar-refractivity contribution is -0.384. The molecular formula is C29H25BrN4O6S. The number of fused-ring (bicyclic) bond motifs is 1. The topological polar surface area (TPSA) is 118 Å². The molecule has 0 unspecified atom stereocenters. The van der Waals surface area contributed by atoms with Crippen molar-refractivity contribution in [2.45, 2.75) is 32.9 Å². The minimum atomic E-state index is -0.839. The number of allylic oxidation sites excluding steroid dienone is 1. The fourth-order valence-electron chi connectivity index (χ4n) is 4.69. The minimum absolute atomic E-state index is 0.0130. The number of hydrogen-bond acceptors (Lipinski definition) is 8. The van der Waals surface area contributed by atoms with Crippen molar-refractivity contribution in [1.82, 2.24) is 9.13 Å². The number of hydrogen-bond donors (Lipinski definition) is 0. The summed E-state index contributed by atoms with van der Waals surface area (Å²) < 4.78 is 15.7. The van der Waals surface area contributed by atoms with Crippen LogP contribution >= 0.6 is 27.3 Å². The first-order chi connectivity index (χ1) is 19.6. The van der Waals surface area contributed by atoms with E-state index in [1.54, 1.807) is 45.0 Å². The number of nitro groups is 1. The number of nitrogens with zero attached hydrogens (tertiary/aromatic N) is 4. The zero-order chi connectivity index (χ0) is 29.4. The fraction of sp³-hybridized carbons (Fsp3) is 0.207. The Balaban J connectivity index is 1.70. The quantitative estimate of drug-likeness (QED) is 0.165. The lowest BCUT2D eigenvalue weighted by Crippen LogP contribution is -2.40. The second kappa shape index (κ2) is 11.3. The normalized spacial score (nSPS) is 15.1. The summed E-state index contributed by atoms with van der Waals surface area (Å²) in [5.41, 5.74) is 2.35. The highest BCUT2D eigenvalue weighted by Crippen LogP contribution is 2.37. The molecule has 1 aliphatic heterocycles. The molecule has 3 heterocycles. The van der Waals surface area contributed by atoms with Crippen LogP contribution in [0.5, 0.6) is 5.75 Å². The second-order valence-corrected chi connectivity index (χ2v) is 11.4. The number of esters is 1. The van der Waals surface area contributed by atoms with E-state index in [4.69, 9.17) is 9.47 Å². The Bertz CT molecular complexity index is 1880. The number of carbonyl (C=O) groups is 1. The van der Waals surface area contributed by atoms with Crippen LogP contribution < -0.4 is 19.6 Å². The highest BCUT2D eigenvalue weighted by Gasteiger charge is 2.35. The summed E-state index contributed by atoms with van der Waals surface area (Å²) in [6.45, 7) is 5.25. The maximum absolute atomic E-state index is 14.0. The molecule has 0 N–H and O–H groups in total. The summed E-state index contributed by atoms with van der Waals surface area (Å²) in [7, 11) is 1.53. The third-order valence-electron chi connectivity index (χ3n) is 6.47. The number of halogens is 1. The highest BCUT2D eigenvalue weighted by molar-refractivity contribution is 9.10. The van der Waals surface area contributed by atoms with Gasteiger partial charge in [0, 0.05) is 39.7 Å². The molecule has 1 aliphatic rings. The maximum Gasteiger partial charge on any atom is 0.338 e. The number of nitro benzene ring substituents is 1. The average molecular weight is 638 g/mol. The zero-order valence-electron chi connectivity index (χ0n) is 22.5. The van der Waals surface area contributed by atoms with E-state index in [1.807, 2.05) is 35.0 Å². The molecular weight excluding hydrogens is 612 g/mol. The molecule has 0 radical (unpaired) electrons. The summed E-state index contributed by atoms with van der Waals surface area (Å²) in [4.78, 5) is 43.1. The third-order valence-corrected chi connectivity index (χ3v) is 7.94. The predicted molar refractivity (Wildman–Crippen MR) is 158 cm³/mol. The van der Waals surface area contributed by atoms with Gasteiger partial charge in [0.15, 0.2) is 4.80 Å². The number of carbonyl (C=O) groups excluding carboxylic acids is 1. The van der Waals surface area contributed by atoms with Gasteiger partial charge in [0.25, 0.3) is 11.2 Å². The number of non-ortho nitro benzene ring substituents is 1. The van der Waals surface area contributed by atoms with E-state index in [0.29, 0.717) is 37.7 Å². The molecule has 0 amide bonds. The number of rotatable bonds is 7. The fourth-order valence-corrected chi connectivity index (χ4v) is 6.10. The molecule has 10 nitrogen and oxygen atoms in total. The summed E-state index contributed by atoms with van der Waals surface area (Å²) >= 11 is 4.71. The Morgan fingerprint density at radius 3 is 2.59 bits per heavy atom. The Morgan fingerprint density at radius 1 is 1.20 bits per heavy atom. The molecule has 2 aromatic heterocycles.